The van der Waals surface area contributed by atoms with Gasteiger partial charge in [0.1, 0.15) is 0 Å². The molecule has 0 fully saturated rings. The third-order valence-corrected chi connectivity index (χ3v) is 6.75. The first-order valence-corrected chi connectivity index (χ1v) is 12.5. The predicted octanol–water partition coefficient (Wildman–Crippen LogP) is 5.07. The first-order valence-electron chi connectivity index (χ1n) is 11.5. The maximum absolute atomic E-state index is 13.4. The minimum absolute atomic E-state index is 0.138. The van der Waals surface area contributed by atoms with Crippen molar-refractivity contribution >= 4 is 29.3 Å². The number of hydrogen-bond donors (Lipinski definition) is 3. The minimum Gasteiger partial charge on any atom is -0.353 e. The van der Waals surface area contributed by atoms with Crippen LogP contribution in [0.15, 0.2) is 113 Å². The molecule has 0 spiro atoms. The Hall–Kier alpha value is -4.28. The molecule has 3 N–H and O–H groups in total. The van der Waals surface area contributed by atoms with E-state index in [9.17, 15) is 14.9 Å². The first kappa shape index (κ1) is 24.8. The van der Waals surface area contributed by atoms with Crippen LogP contribution in [0, 0.1) is 11.3 Å². The molecule has 3 aromatic carbocycles. The lowest BCUT2D eigenvalue weighted by atomic mass is 9.82. The molecule has 1 heterocycles. The summed E-state index contributed by atoms with van der Waals surface area (Å²) in [4.78, 5) is 25.9. The highest BCUT2D eigenvalue weighted by molar-refractivity contribution is 8.03. The fourth-order valence-corrected chi connectivity index (χ4v) is 4.93. The summed E-state index contributed by atoms with van der Waals surface area (Å²) in [5, 5.41) is 19.8. The van der Waals surface area contributed by atoms with Crippen molar-refractivity contribution < 1.29 is 9.59 Å². The van der Waals surface area contributed by atoms with Gasteiger partial charge in [-0.15, -0.1) is 0 Å². The average Bonchev–Trinajstić information content (AvgIpc) is 2.91. The minimum atomic E-state index is -0.559. The number of carbonyl (C=O) groups excluding carboxylic acids is 2. The SMILES string of the molecule is CC1=C(C(=O)Nc2ccccc2)[C@@H](c2ccccc2)C(C#N)=C(SCC(=O)NCc2ccccc2)N1. The molecular formula is C29H26N4O2S. The number of thioether (sulfide) groups is 1. The van der Waals surface area contributed by atoms with Crippen LogP contribution in [0.1, 0.15) is 24.0 Å². The lowest BCUT2D eigenvalue weighted by Gasteiger charge is -2.29. The number of dihydropyridines is 1. The Kier molecular flexibility index (Phi) is 8.22. The van der Waals surface area contributed by atoms with Crippen LogP contribution in [0.25, 0.3) is 0 Å². The number of nitriles is 1. The van der Waals surface area contributed by atoms with Gasteiger partial charge in [0.25, 0.3) is 5.91 Å². The van der Waals surface area contributed by atoms with Gasteiger partial charge in [0, 0.05) is 23.5 Å². The lowest BCUT2D eigenvalue weighted by molar-refractivity contribution is -0.118. The Balaban J connectivity index is 1.56. The average molecular weight is 495 g/mol. The fourth-order valence-electron chi connectivity index (χ4n) is 4.01. The normalized spacial score (nSPS) is 15.1. The smallest absolute Gasteiger partial charge is 0.254 e. The van der Waals surface area contributed by atoms with Crippen molar-refractivity contribution in [3.05, 3.63) is 124 Å². The third-order valence-electron chi connectivity index (χ3n) is 5.74. The predicted molar refractivity (Wildman–Crippen MR) is 143 cm³/mol. The Bertz CT molecular complexity index is 1330. The van der Waals surface area contributed by atoms with Gasteiger partial charge in [-0.05, 0) is 30.2 Å². The van der Waals surface area contributed by atoms with Crippen molar-refractivity contribution in [3.8, 4) is 6.07 Å². The van der Waals surface area contributed by atoms with Gasteiger partial charge >= 0.3 is 0 Å². The third kappa shape index (κ3) is 6.04. The van der Waals surface area contributed by atoms with Crippen molar-refractivity contribution in [3.63, 3.8) is 0 Å². The van der Waals surface area contributed by atoms with Crippen LogP contribution in [-0.2, 0) is 16.1 Å². The summed E-state index contributed by atoms with van der Waals surface area (Å²) < 4.78 is 0. The lowest BCUT2D eigenvalue weighted by Crippen LogP contribution is -2.31. The molecule has 1 atom stereocenters. The second kappa shape index (κ2) is 11.9. The summed E-state index contributed by atoms with van der Waals surface area (Å²) in [6.07, 6.45) is 0. The molecule has 2 amide bonds. The molecule has 0 aliphatic carbocycles. The zero-order chi connectivity index (χ0) is 25.3. The summed E-state index contributed by atoms with van der Waals surface area (Å²) in [7, 11) is 0. The van der Waals surface area contributed by atoms with Crippen LogP contribution in [0.3, 0.4) is 0 Å². The van der Waals surface area contributed by atoms with Gasteiger partial charge in [-0.1, -0.05) is 90.6 Å². The molecule has 1 aliphatic rings. The number of nitrogens with one attached hydrogen (secondary N) is 3. The van der Waals surface area contributed by atoms with E-state index in [1.807, 2.05) is 97.9 Å². The van der Waals surface area contributed by atoms with E-state index < -0.39 is 5.92 Å². The standard InChI is InChI=1S/C29H26N4O2S/c1-20-26(28(35)33-23-15-9-4-10-16-23)27(22-13-7-3-8-14-22)24(17-30)29(32-20)36-19-25(34)31-18-21-11-5-2-6-12-21/h2-16,27,32H,18-19H2,1H3,(H,31,34)(H,33,35)/t27-/m0/s1. The summed E-state index contributed by atoms with van der Waals surface area (Å²) in [5.74, 6) is -0.838. The molecule has 0 saturated heterocycles. The van der Waals surface area contributed by atoms with Crippen LogP contribution in [0.4, 0.5) is 5.69 Å². The van der Waals surface area contributed by atoms with Gasteiger partial charge in [-0.2, -0.15) is 5.26 Å². The summed E-state index contributed by atoms with van der Waals surface area (Å²) in [6.45, 7) is 2.26. The Morgan fingerprint density at radius 2 is 1.56 bits per heavy atom. The van der Waals surface area contributed by atoms with Crippen molar-refractivity contribution in [1.82, 2.24) is 10.6 Å². The molecule has 3 aromatic rings. The molecule has 180 valence electrons. The molecule has 36 heavy (non-hydrogen) atoms. The van der Waals surface area contributed by atoms with E-state index in [4.69, 9.17) is 0 Å². The Morgan fingerprint density at radius 3 is 2.19 bits per heavy atom. The molecular weight excluding hydrogens is 468 g/mol. The quantitative estimate of drug-likeness (QED) is 0.406. The van der Waals surface area contributed by atoms with E-state index in [2.05, 4.69) is 22.0 Å². The van der Waals surface area contributed by atoms with E-state index in [-0.39, 0.29) is 17.6 Å². The van der Waals surface area contributed by atoms with E-state index >= 15 is 0 Å². The number of hydrogen-bond acceptors (Lipinski definition) is 5. The highest BCUT2D eigenvalue weighted by Gasteiger charge is 2.34. The Labute approximate surface area is 215 Å². The van der Waals surface area contributed by atoms with Gasteiger partial charge in [0.05, 0.1) is 28.3 Å². The largest absolute Gasteiger partial charge is 0.353 e. The molecule has 0 bridgehead atoms. The zero-order valence-corrected chi connectivity index (χ0v) is 20.6. The maximum Gasteiger partial charge on any atom is 0.254 e. The second-order valence-corrected chi connectivity index (χ2v) is 9.22. The van der Waals surface area contributed by atoms with E-state index in [0.717, 1.165) is 11.1 Å². The van der Waals surface area contributed by atoms with Crippen LogP contribution in [0.2, 0.25) is 0 Å². The van der Waals surface area contributed by atoms with Gasteiger partial charge in [0.15, 0.2) is 0 Å². The van der Waals surface area contributed by atoms with Crippen molar-refractivity contribution in [1.29, 1.82) is 5.26 Å². The fraction of sp³-hybridized carbons (Fsp3) is 0.138. The van der Waals surface area contributed by atoms with E-state index in [1.54, 1.807) is 0 Å². The van der Waals surface area contributed by atoms with Gasteiger partial charge in [-0.25, -0.2) is 0 Å². The number of nitrogens with zero attached hydrogens (tertiary/aromatic N) is 1. The van der Waals surface area contributed by atoms with Gasteiger partial charge in [-0.3, -0.25) is 9.59 Å². The van der Waals surface area contributed by atoms with Crippen LogP contribution < -0.4 is 16.0 Å². The number of benzene rings is 3. The number of allylic oxidation sites excluding steroid dienone is 2. The molecule has 4 rings (SSSR count). The number of carbonyl (C=O) groups is 2. The molecule has 6 nitrogen and oxygen atoms in total. The topological polar surface area (TPSA) is 94.0 Å². The summed E-state index contributed by atoms with van der Waals surface area (Å²) >= 11 is 1.26. The van der Waals surface area contributed by atoms with Crippen LogP contribution in [-0.4, -0.2) is 17.6 Å². The van der Waals surface area contributed by atoms with Gasteiger partial charge in [0.2, 0.25) is 5.91 Å². The molecule has 0 radical (unpaired) electrons. The monoisotopic (exact) mass is 494 g/mol. The molecule has 1 aliphatic heterocycles. The molecule has 0 aromatic heterocycles. The highest BCUT2D eigenvalue weighted by Crippen LogP contribution is 2.40. The number of para-hydroxylation sites is 1. The summed E-state index contributed by atoms with van der Waals surface area (Å²) in [6, 6.07) is 30.7. The van der Waals surface area contributed by atoms with E-state index in [1.165, 1.54) is 11.8 Å². The number of anilines is 1. The maximum atomic E-state index is 13.4. The molecule has 7 heteroatoms. The van der Waals surface area contributed by atoms with Crippen LogP contribution in [0.5, 0.6) is 0 Å². The van der Waals surface area contributed by atoms with Gasteiger partial charge < -0.3 is 16.0 Å². The summed E-state index contributed by atoms with van der Waals surface area (Å²) in [5.41, 5.74) is 4.04. The van der Waals surface area contributed by atoms with E-state index in [0.29, 0.717) is 34.1 Å². The number of rotatable bonds is 8. The van der Waals surface area contributed by atoms with Crippen molar-refractivity contribution in [2.45, 2.75) is 19.4 Å². The molecule has 0 saturated carbocycles. The highest BCUT2D eigenvalue weighted by atomic mass is 32.2. The van der Waals surface area contributed by atoms with Crippen LogP contribution >= 0.6 is 11.8 Å². The van der Waals surface area contributed by atoms with Crippen molar-refractivity contribution in [2.75, 3.05) is 11.1 Å². The first-order chi connectivity index (χ1) is 17.6. The molecule has 0 unspecified atom stereocenters. The number of amides is 2. The second-order valence-electron chi connectivity index (χ2n) is 8.23. The van der Waals surface area contributed by atoms with Crippen molar-refractivity contribution in [2.24, 2.45) is 0 Å². The zero-order valence-electron chi connectivity index (χ0n) is 19.8. The Morgan fingerprint density at radius 1 is 0.944 bits per heavy atom.